The lowest BCUT2D eigenvalue weighted by molar-refractivity contribution is -0.138. The summed E-state index contributed by atoms with van der Waals surface area (Å²) in [7, 11) is 5.42. The Kier molecular flexibility index (Phi) is 3.76. The quantitative estimate of drug-likeness (QED) is 0.891. The number of rotatable bonds is 5. The van der Waals surface area contributed by atoms with Crippen LogP contribution < -0.4 is 4.74 Å². The maximum Gasteiger partial charge on any atom is 0.317 e. The molecule has 1 aromatic heterocycles. The number of nitrogens with zero attached hydrogens (tertiary/aromatic N) is 2. The molecule has 2 aromatic rings. The number of carboxylic acid groups (broad SMARTS) is 1. The molecule has 0 aliphatic carbocycles. The van der Waals surface area contributed by atoms with Crippen molar-refractivity contribution < 1.29 is 14.6 Å². The van der Waals surface area contributed by atoms with Crippen LogP contribution in [0.5, 0.6) is 5.75 Å². The Balaban J connectivity index is 2.34. The van der Waals surface area contributed by atoms with E-state index in [1.165, 1.54) is 0 Å². The minimum Gasteiger partial charge on any atom is -0.497 e. The van der Waals surface area contributed by atoms with Crippen LogP contribution in [-0.4, -0.2) is 41.2 Å². The molecule has 19 heavy (non-hydrogen) atoms. The summed E-state index contributed by atoms with van der Waals surface area (Å²) in [5.41, 5.74) is 2.21. The second-order valence-electron chi connectivity index (χ2n) is 4.71. The second kappa shape index (κ2) is 5.32. The zero-order valence-electron chi connectivity index (χ0n) is 11.4. The number of aromatic nitrogens is 1. The van der Waals surface area contributed by atoms with Crippen molar-refractivity contribution in [3.63, 3.8) is 0 Å². The van der Waals surface area contributed by atoms with Crippen molar-refractivity contribution in [2.45, 2.75) is 6.54 Å². The summed E-state index contributed by atoms with van der Waals surface area (Å²) in [6, 6.07) is 5.92. The number of benzene rings is 1. The highest BCUT2D eigenvalue weighted by Gasteiger charge is 2.11. The topological polar surface area (TPSA) is 54.7 Å². The minimum absolute atomic E-state index is 0.0281. The highest BCUT2D eigenvalue weighted by Crippen LogP contribution is 2.26. The van der Waals surface area contributed by atoms with Crippen LogP contribution in [0.4, 0.5) is 0 Å². The number of hydrogen-bond donors (Lipinski definition) is 1. The maximum atomic E-state index is 10.7. The van der Waals surface area contributed by atoms with Crippen molar-refractivity contribution in [1.29, 1.82) is 0 Å². The Labute approximate surface area is 112 Å². The molecule has 0 saturated heterocycles. The fourth-order valence-electron chi connectivity index (χ4n) is 2.28. The van der Waals surface area contributed by atoms with Crippen molar-refractivity contribution in [2.24, 2.45) is 7.05 Å². The van der Waals surface area contributed by atoms with E-state index in [1.54, 1.807) is 19.1 Å². The van der Waals surface area contributed by atoms with Crippen LogP contribution in [0.25, 0.3) is 10.9 Å². The molecule has 5 heteroatoms. The molecule has 2 rings (SSSR count). The normalized spacial score (nSPS) is 11.2. The Morgan fingerprint density at radius 1 is 1.47 bits per heavy atom. The Morgan fingerprint density at radius 3 is 2.84 bits per heavy atom. The minimum atomic E-state index is -0.819. The van der Waals surface area contributed by atoms with Gasteiger partial charge in [-0.3, -0.25) is 9.69 Å². The van der Waals surface area contributed by atoms with Gasteiger partial charge >= 0.3 is 5.97 Å². The molecule has 1 aromatic carbocycles. The fraction of sp³-hybridized carbons (Fsp3) is 0.357. The monoisotopic (exact) mass is 262 g/mol. The van der Waals surface area contributed by atoms with Crippen LogP contribution in [0, 0.1) is 0 Å². The van der Waals surface area contributed by atoms with Crippen LogP contribution in [0.15, 0.2) is 24.4 Å². The fourth-order valence-corrected chi connectivity index (χ4v) is 2.28. The molecule has 0 aliphatic rings. The molecule has 0 bridgehead atoms. The third-order valence-electron chi connectivity index (χ3n) is 3.12. The Morgan fingerprint density at radius 2 is 2.21 bits per heavy atom. The average molecular weight is 262 g/mol. The van der Waals surface area contributed by atoms with Crippen LogP contribution in [0.3, 0.4) is 0 Å². The van der Waals surface area contributed by atoms with E-state index in [4.69, 9.17) is 9.84 Å². The van der Waals surface area contributed by atoms with Gasteiger partial charge in [-0.25, -0.2) is 0 Å². The van der Waals surface area contributed by atoms with Crippen molar-refractivity contribution >= 4 is 16.9 Å². The van der Waals surface area contributed by atoms with Gasteiger partial charge in [0.1, 0.15) is 5.75 Å². The van der Waals surface area contributed by atoms with Gasteiger partial charge in [0.15, 0.2) is 0 Å². The highest BCUT2D eigenvalue weighted by atomic mass is 16.5. The zero-order valence-corrected chi connectivity index (χ0v) is 11.4. The summed E-state index contributed by atoms with van der Waals surface area (Å²) in [4.78, 5) is 12.5. The smallest absolute Gasteiger partial charge is 0.317 e. The first kappa shape index (κ1) is 13.4. The van der Waals surface area contributed by atoms with Crippen molar-refractivity contribution in [2.75, 3.05) is 20.7 Å². The van der Waals surface area contributed by atoms with E-state index in [2.05, 4.69) is 0 Å². The van der Waals surface area contributed by atoms with Crippen LogP contribution in [0.1, 0.15) is 5.56 Å². The molecule has 0 saturated carbocycles. The standard InChI is InChI=1S/C14H18N2O3/c1-15(9-14(17)18)7-10-8-16(2)13-5-4-11(19-3)6-12(10)13/h4-6,8H,7,9H2,1-3H3,(H,17,18). The third kappa shape index (κ3) is 2.88. The zero-order chi connectivity index (χ0) is 14.0. The molecule has 0 atom stereocenters. The molecule has 0 amide bonds. The average Bonchev–Trinajstić information content (AvgIpc) is 2.64. The molecule has 5 nitrogen and oxygen atoms in total. The van der Waals surface area contributed by atoms with E-state index in [0.717, 1.165) is 22.2 Å². The van der Waals surface area contributed by atoms with E-state index in [0.29, 0.717) is 6.54 Å². The molecule has 0 aliphatic heterocycles. The van der Waals surface area contributed by atoms with E-state index in [1.807, 2.05) is 36.0 Å². The summed E-state index contributed by atoms with van der Waals surface area (Å²) < 4.78 is 7.28. The molecule has 0 spiro atoms. The molecule has 102 valence electrons. The number of aryl methyl sites for hydroxylation is 1. The lowest BCUT2D eigenvalue weighted by atomic mass is 10.1. The first-order valence-corrected chi connectivity index (χ1v) is 6.03. The number of methoxy groups -OCH3 is 1. The van der Waals surface area contributed by atoms with Gasteiger partial charge in [0.05, 0.1) is 13.7 Å². The summed E-state index contributed by atoms with van der Waals surface area (Å²) in [5, 5.41) is 9.89. The second-order valence-corrected chi connectivity index (χ2v) is 4.71. The molecular formula is C14H18N2O3. The van der Waals surface area contributed by atoms with Gasteiger partial charge in [-0.15, -0.1) is 0 Å². The third-order valence-corrected chi connectivity index (χ3v) is 3.12. The van der Waals surface area contributed by atoms with Crippen molar-refractivity contribution in [3.8, 4) is 5.75 Å². The Hall–Kier alpha value is -2.01. The van der Waals surface area contributed by atoms with Crippen LogP contribution in [0.2, 0.25) is 0 Å². The van der Waals surface area contributed by atoms with E-state index >= 15 is 0 Å². The molecular weight excluding hydrogens is 244 g/mol. The number of fused-ring (bicyclic) bond motifs is 1. The molecule has 1 N–H and O–H groups in total. The summed E-state index contributed by atoms with van der Waals surface area (Å²) >= 11 is 0. The number of aliphatic carboxylic acids is 1. The van der Waals surface area contributed by atoms with Crippen molar-refractivity contribution in [3.05, 3.63) is 30.0 Å². The number of likely N-dealkylation sites (N-methyl/N-ethyl adjacent to an activating group) is 1. The molecule has 0 fully saturated rings. The number of carbonyl (C=O) groups is 1. The van der Waals surface area contributed by atoms with Crippen LogP contribution in [-0.2, 0) is 18.4 Å². The predicted molar refractivity (Wildman–Crippen MR) is 73.4 cm³/mol. The predicted octanol–water partition coefficient (Wildman–Crippen LogP) is 1.70. The maximum absolute atomic E-state index is 10.7. The SMILES string of the molecule is COc1ccc2c(c1)c(CN(C)CC(=O)O)cn2C. The number of ether oxygens (including phenoxy) is 1. The van der Waals surface area contributed by atoms with Gasteiger partial charge < -0.3 is 14.4 Å². The van der Waals surface area contributed by atoms with Gasteiger partial charge in [0.2, 0.25) is 0 Å². The highest BCUT2D eigenvalue weighted by molar-refractivity contribution is 5.85. The number of carboxylic acids is 1. The summed E-state index contributed by atoms with van der Waals surface area (Å²) in [6.07, 6.45) is 2.03. The van der Waals surface area contributed by atoms with Gasteiger partial charge in [-0.2, -0.15) is 0 Å². The largest absolute Gasteiger partial charge is 0.497 e. The first-order chi connectivity index (χ1) is 9.01. The van der Waals surface area contributed by atoms with Gasteiger partial charge in [-0.05, 0) is 30.8 Å². The first-order valence-electron chi connectivity index (χ1n) is 6.03. The van der Waals surface area contributed by atoms with Gasteiger partial charge in [0.25, 0.3) is 0 Å². The molecule has 0 radical (unpaired) electrons. The van der Waals surface area contributed by atoms with Gasteiger partial charge in [-0.1, -0.05) is 0 Å². The summed E-state index contributed by atoms with van der Waals surface area (Å²) in [5.74, 6) is -0.0128. The Bertz CT molecular complexity index is 604. The van der Waals surface area contributed by atoms with E-state index < -0.39 is 5.97 Å². The van der Waals surface area contributed by atoms with Gasteiger partial charge in [0, 0.05) is 30.7 Å². The molecule has 0 unspecified atom stereocenters. The lowest BCUT2D eigenvalue weighted by Crippen LogP contribution is -2.24. The molecule has 1 heterocycles. The van der Waals surface area contributed by atoms with E-state index in [9.17, 15) is 4.79 Å². The number of hydrogen-bond acceptors (Lipinski definition) is 3. The van der Waals surface area contributed by atoms with Crippen LogP contribution >= 0.6 is 0 Å². The van der Waals surface area contributed by atoms with E-state index in [-0.39, 0.29) is 6.54 Å². The van der Waals surface area contributed by atoms with Crippen molar-refractivity contribution in [1.82, 2.24) is 9.47 Å². The summed E-state index contributed by atoms with van der Waals surface area (Å²) in [6.45, 7) is 0.622. The lowest BCUT2D eigenvalue weighted by Gasteiger charge is -2.13.